The number of carbonyl (C=O) groups is 1. The normalized spacial score (nSPS) is 16.5. The Labute approximate surface area is 83.7 Å². The first-order valence-corrected chi connectivity index (χ1v) is 6.01. The van der Waals surface area contributed by atoms with Crippen LogP contribution in [-0.4, -0.2) is 22.9 Å². The van der Waals surface area contributed by atoms with E-state index >= 15 is 0 Å². The Morgan fingerprint density at radius 3 is 2.57 bits per heavy atom. The standard InChI is InChI=1S/C9H15O4P/c1-5-6-14(11,12)8(4)13-9(10)7(2)3/h5,8H,1-2,6H2,3-4H3,(H,11,12). The van der Waals surface area contributed by atoms with Crippen molar-refractivity contribution in [2.45, 2.75) is 19.7 Å². The molecule has 2 unspecified atom stereocenters. The second-order valence-corrected chi connectivity index (χ2v) is 5.62. The predicted octanol–water partition coefficient (Wildman–Crippen LogP) is 1.91. The first-order chi connectivity index (χ1) is 6.31. The number of hydrogen-bond donors (Lipinski definition) is 1. The Morgan fingerprint density at radius 1 is 1.71 bits per heavy atom. The third kappa shape index (κ3) is 3.90. The van der Waals surface area contributed by atoms with Gasteiger partial charge in [0.2, 0.25) is 7.37 Å². The number of esters is 1. The van der Waals surface area contributed by atoms with Gasteiger partial charge < -0.3 is 9.63 Å². The summed E-state index contributed by atoms with van der Waals surface area (Å²) in [5, 5.41) is 0. The highest BCUT2D eigenvalue weighted by molar-refractivity contribution is 7.58. The van der Waals surface area contributed by atoms with Gasteiger partial charge in [-0.05, 0) is 13.8 Å². The lowest BCUT2D eigenvalue weighted by atomic mass is 10.4. The van der Waals surface area contributed by atoms with E-state index in [1.54, 1.807) is 0 Å². The molecule has 0 rings (SSSR count). The van der Waals surface area contributed by atoms with Crippen molar-refractivity contribution in [2.24, 2.45) is 0 Å². The van der Waals surface area contributed by atoms with Gasteiger partial charge in [0.1, 0.15) is 0 Å². The van der Waals surface area contributed by atoms with Crippen LogP contribution in [0.4, 0.5) is 0 Å². The number of allylic oxidation sites excluding steroid dienone is 1. The van der Waals surface area contributed by atoms with Crippen molar-refractivity contribution in [2.75, 3.05) is 6.16 Å². The van der Waals surface area contributed by atoms with Gasteiger partial charge in [0, 0.05) is 11.7 Å². The number of rotatable bonds is 5. The van der Waals surface area contributed by atoms with Crippen molar-refractivity contribution >= 4 is 13.3 Å². The molecule has 0 spiro atoms. The van der Waals surface area contributed by atoms with Gasteiger partial charge >= 0.3 is 5.97 Å². The molecule has 0 radical (unpaired) electrons. The van der Waals surface area contributed by atoms with Crippen LogP contribution in [0.5, 0.6) is 0 Å². The highest BCUT2D eigenvalue weighted by Gasteiger charge is 2.28. The Bertz CT molecular complexity index is 295. The van der Waals surface area contributed by atoms with Crippen LogP contribution in [0, 0.1) is 0 Å². The van der Waals surface area contributed by atoms with Crippen molar-refractivity contribution in [1.29, 1.82) is 0 Å². The molecule has 80 valence electrons. The molecule has 0 aliphatic rings. The molecule has 5 heteroatoms. The maximum Gasteiger partial charge on any atom is 0.333 e. The van der Waals surface area contributed by atoms with Crippen LogP contribution in [0.1, 0.15) is 13.8 Å². The van der Waals surface area contributed by atoms with Crippen molar-refractivity contribution < 1.29 is 19.0 Å². The van der Waals surface area contributed by atoms with Crippen molar-refractivity contribution in [3.8, 4) is 0 Å². The van der Waals surface area contributed by atoms with Crippen molar-refractivity contribution in [1.82, 2.24) is 0 Å². The minimum atomic E-state index is -3.48. The van der Waals surface area contributed by atoms with Crippen LogP contribution in [0.3, 0.4) is 0 Å². The summed E-state index contributed by atoms with van der Waals surface area (Å²) in [5.41, 5.74) is 0.204. The second kappa shape index (κ2) is 5.13. The number of ether oxygens (including phenoxy) is 1. The molecule has 0 aliphatic heterocycles. The third-order valence-electron chi connectivity index (χ3n) is 1.58. The molecule has 0 heterocycles. The second-order valence-electron chi connectivity index (χ2n) is 3.01. The minimum absolute atomic E-state index is 0.0718. The van der Waals surface area contributed by atoms with E-state index in [0.717, 1.165) is 0 Å². The van der Waals surface area contributed by atoms with E-state index in [0.29, 0.717) is 0 Å². The van der Waals surface area contributed by atoms with E-state index in [2.05, 4.69) is 13.2 Å². The third-order valence-corrected chi connectivity index (χ3v) is 3.61. The zero-order chi connectivity index (χ0) is 11.4. The molecule has 0 saturated carbocycles. The molecule has 0 bridgehead atoms. The molecule has 0 aromatic rings. The summed E-state index contributed by atoms with van der Waals surface area (Å²) in [6, 6.07) is 0. The molecule has 0 amide bonds. The zero-order valence-electron chi connectivity index (χ0n) is 8.40. The Kier molecular flexibility index (Phi) is 4.81. The largest absolute Gasteiger partial charge is 0.449 e. The fraction of sp³-hybridized carbons (Fsp3) is 0.444. The van der Waals surface area contributed by atoms with E-state index in [9.17, 15) is 14.3 Å². The SMILES string of the molecule is C=CCP(=O)(O)C(C)OC(=O)C(=C)C. The molecule has 0 saturated heterocycles. The molecular formula is C9H15O4P. The molecule has 0 fully saturated rings. The molecule has 0 aliphatic carbocycles. The van der Waals surface area contributed by atoms with Crippen LogP contribution in [0.2, 0.25) is 0 Å². The monoisotopic (exact) mass is 218 g/mol. The molecule has 2 atom stereocenters. The lowest BCUT2D eigenvalue weighted by Crippen LogP contribution is -2.16. The summed E-state index contributed by atoms with van der Waals surface area (Å²) >= 11 is 0. The van der Waals surface area contributed by atoms with Gasteiger partial charge in [-0.3, -0.25) is 4.57 Å². The summed E-state index contributed by atoms with van der Waals surface area (Å²) < 4.78 is 16.2. The van der Waals surface area contributed by atoms with Gasteiger partial charge in [-0.1, -0.05) is 12.7 Å². The molecule has 0 aromatic heterocycles. The van der Waals surface area contributed by atoms with E-state index in [4.69, 9.17) is 4.74 Å². The molecule has 0 aromatic carbocycles. The smallest absolute Gasteiger partial charge is 0.333 e. The van der Waals surface area contributed by atoms with Crippen LogP contribution in [0.15, 0.2) is 24.8 Å². The average molecular weight is 218 g/mol. The van der Waals surface area contributed by atoms with Gasteiger partial charge in [-0.15, -0.1) is 6.58 Å². The Morgan fingerprint density at radius 2 is 2.21 bits per heavy atom. The van der Waals surface area contributed by atoms with E-state index in [-0.39, 0.29) is 11.7 Å². The van der Waals surface area contributed by atoms with E-state index in [1.807, 2.05) is 0 Å². The highest BCUT2D eigenvalue weighted by Crippen LogP contribution is 2.46. The van der Waals surface area contributed by atoms with Crippen LogP contribution in [-0.2, 0) is 14.1 Å². The summed E-state index contributed by atoms with van der Waals surface area (Å²) in [4.78, 5) is 20.4. The Hall–Kier alpha value is -0.860. The summed E-state index contributed by atoms with van der Waals surface area (Å²) in [6.45, 7) is 9.58. The summed E-state index contributed by atoms with van der Waals surface area (Å²) in [6.07, 6.45) is 1.25. The van der Waals surface area contributed by atoms with Gasteiger partial charge in [-0.2, -0.15) is 0 Å². The van der Waals surface area contributed by atoms with Crippen LogP contribution < -0.4 is 0 Å². The van der Waals surface area contributed by atoms with E-state index in [1.165, 1.54) is 19.9 Å². The first-order valence-electron chi connectivity index (χ1n) is 4.10. The lowest BCUT2D eigenvalue weighted by Gasteiger charge is -2.18. The van der Waals surface area contributed by atoms with E-state index < -0.39 is 19.2 Å². The fourth-order valence-corrected chi connectivity index (χ4v) is 1.60. The van der Waals surface area contributed by atoms with Gasteiger partial charge in [-0.25, -0.2) is 4.79 Å². The average Bonchev–Trinajstić information content (AvgIpc) is 2.03. The topological polar surface area (TPSA) is 63.6 Å². The quantitative estimate of drug-likeness (QED) is 0.331. The zero-order valence-corrected chi connectivity index (χ0v) is 9.29. The minimum Gasteiger partial charge on any atom is -0.449 e. The molecule has 14 heavy (non-hydrogen) atoms. The molecule has 1 N–H and O–H groups in total. The van der Waals surface area contributed by atoms with Gasteiger partial charge in [0.05, 0.1) is 0 Å². The fourth-order valence-electron chi connectivity index (χ4n) is 0.671. The van der Waals surface area contributed by atoms with Crippen molar-refractivity contribution in [3.63, 3.8) is 0 Å². The number of carbonyl (C=O) groups excluding carboxylic acids is 1. The predicted molar refractivity (Wildman–Crippen MR) is 55.3 cm³/mol. The lowest BCUT2D eigenvalue weighted by molar-refractivity contribution is -0.140. The van der Waals surface area contributed by atoms with Crippen molar-refractivity contribution in [3.05, 3.63) is 24.8 Å². The summed E-state index contributed by atoms with van der Waals surface area (Å²) in [7, 11) is -3.48. The van der Waals surface area contributed by atoms with Gasteiger partial charge in [0.25, 0.3) is 0 Å². The van der Waals surface area contributed by atoms with Crippen LogP contribution >= 0.6 is 7.37 Å². The first kappa shape index (κ1) is 13.1. The maximum absolute atomic E-state index is 11.4. The van der Waals surface area contributed by atoms with Gasteiger partial charge in [0.15, 0.2) is 5.85 Å². The number of hydrogen-bond acceptors (Lipinski definition) is 3. The summed E-state index contributed by atoms with van der Waals surface area (Å²) in [5.74, 6) is -1.68. The molecular weight excluding hydrogens is 203 g/mol. The molecule has 4 nitrogen and oxygen atoms in total. The maximum atomic E-state index is 11.4. The highest BCUT2D eigenvalue weighted by atomic mass is 31.2. The van der Waals surface area contributed by atoms with Crippen LogP contribution in [0.25, 0.3) is 0 Å². The Balaban J connectivity index is 4.41.